The second-order valence-corrected chi connectivity index (χ2v) is 4.62. The SMILES string of the molecule is CCOc1ccc(NC(=O)c2ccsc2)c([N+](=O)[O-])c1. The monoisotopic (exact) mass is 292 g/mol. The zero-order valence-corrected chi connectivity index (χ0v) is 11.5. The van der Waals surface area contributed by atoms with E-state index < -0.39 is 4.92 Å². The molecule has 0 aliphatic carbocycles. The normalized spacial score (nSPS) is 10.1. The maximum atomic E-state index is 11.9. The third-order valence-corrected chi connectivity index (χ3v) is 3.19. The molecule has 7 heteroatoms. The van der Waals surface area contributed by atoms with Gasteiger partial charge in [0.25, 0.3) is 11.6 Å². The molecule has 0 fully saturated rings. The zero-order chi connectivity index (χ0) is 14.5. The Morgan fingerprint density at radius 3 is 2.85 bits per heavy atom. The van der Waals surface area contributed by atoms with Crippen LogP contribution in [0.3, 0.4) is 0 Å². The predicted molar refractivity (Wildman–Crippen MR) is 76.5 cm³/mol. The third kappa shape index (κ3) is 3.12. The first-order valence-corrected chi connectivity index (χ1v) is 6.81. The summed E-state index contributed by atoms with van der Waals surface area (Å²) in [5, 5.41) is 17.0. The van der Waals surface area contributed by atoms with Gasteiger partial charge in [-0.1, -0.05) is 0 Å². The number of carbonyl (C=O) groups is 1. The molecule has 0 saturated heterocycles. The largest absolute Gasteiger partial charge is 0.494 e. The van der Waals surface area contributed by atoms with Crippen molar-refractivity contribution < 1.29 is 14.5 Å². The molecular formula is C13H12N2O4S. The van der Waals surface area contributed by atoms with E-state index in [-0.39, 0.29) is 17.3 Å². The van der Waals surface area contributed by atoms with E-state index in [0.29, 0.717) is 17.9 Å². The highest BCUT2D eigenvalue weighted by molar-refractivity contribution is 7.08. The minimum absolute atomic E-state index is 0.148. The van der Waals surface area contributed by atoms with E-state index in [1.807, 2.05) is 0 Å². The molecule has 0 aliphatic heterocycles. The fourth-order valence-electron chi connectivity index (χ4n) is 1.61. The Labute approximate surface area is 119 Å². The molecule has 1 N–H and O–H groups in total. The van der Waals surface area contributed by atoms with Gasteiger partial charge in [0, 0.05) is 5.38 Å². The van der Waals surface area contributed by atoms with Gasteiger partial charge in [-0.05, 0) is 30.5 Å². The first kappa shape index (κ1) is 14.0. The number of hydrogen-bond acceptors (Lipinski definition) is 5. The first-order chi connectivity index (χ1) is 9.61. The van der Waals surface area contributed by atoms with Gasteiger partial charge in [0.2, 0.25) is 0 Å². The smallest absolute Gasteiger partial charge is 0.296 e. The molecule has 1 aromatic heterocycles. The molecule has 1 heterocycles. The quantitative estimate of drug-likeness (QED) is 0.677. The van der Waals surface area contributed by atoms with Crippen LogP contribution in [0, 0.1) is 10.1 Å². The van der Waals surface area contributed by atoms with Crippen molar-refractivity contribution in [3.05, 3.63) is 50.7 Å². The minimum Gasteiger partial charge on any atom is -0.494 e. The lowest BCUT2D eigenvalue weighted by molar-refractivity contribution is -0.384. The summed E-state index contributed by atoms with van der Waals surface area (Å²) in [5.74, 6) is 0.0197. The number of benzene rings is 1. The second kappa shape index (κ2) is 6.16. The number of rotatable bonds is 5. The van der Waals surface area contributed by atoms with Gasteiger partial charge in [0.15, 0.2) is 0 Å². The van der Waals surface area contributed by atoms with Crippen LogP contribution in [0.2, 0.25) is 0 Å². The van der Waals surface area contributed by atoms with Crippen molar-refractivity contribution in [1.29, 1.82) is 0 Å². The number of carbonyl (C=O) groups excluding carboxylic acids is 1. The summed E-state index contributed by atoms with van der Waals surface area (Å²) in [6, 6.07) is 6.00. The number of nitro groups is 1. The molecule has 6 nitrogen and oxygen atoms in total. The highest BCUT2D eigenvalue weighted by Crippen LogP contribution is 2.29. The summed E-state index contributed by atoms with van der Waals surface area (Å²) in [4.78, 5) is 22.4. The van der Waals surface area contributed by atoms with Gasteiger partial charge in [-0.25, -0.2) is 0 Å². The van der Waals surface area contributed by atoms with Crippen LogP contribution in [-0.4, -0.2) is 17.4 Å². The van der Waals surface area contributed by atoms with Gasteiger partial charge in [-0.3, -0.25) is 14.9 Å². The van der Waals surface area contributed by atoms with Crippen LogP contribution in [0.4, 0.5) is 11.4 Å². The standard InChI is InChI=1S/C13H12N2O4S/c1-2-19-10-3-4-11(12(7-10)15(17)18)14-13(16)9-5-6-20-8-9/h3-8H,2H2,1H3,(H,14,16). The predicted octanol–water partition coefficient (Wildman–Crippen LogP) is 3.31. The van der Waals surface area contributed by atoms with Gasteiger partial charge in [-0.15, -0.1) is 0 Å². The van der Waals surface area contributed by atoms with Gasteiger partial charge < -0.3 is 10.1 Å². The van der Waals surface area contributed by atoms with E-state index in [4.69, 9.17) is 4.74 Å². The Balaban J connectivity index is 2.27. The lowest BCUT2D eigenvalue weighted by Gasteiger charge is -2.07. The number of hydrogen-bond donors (Lipinski definition) is 1. The van der Waals surface area contributed by atoms with Crippen molar-refractivity contribution in [1.82, 2.24) is 0 Å². The van der Waals surface area contributed by atoms with Crippen molar-refractivity contribution >= 4 is 28.6 Å². The fraction of sp³-hybridized carbons (Fsp3) is 0.154. The van der Waals surface area contributed by atoms with Crippen LogP contribution >= 0.6 is 11.3 Å². The van der Waals surface area contributed by atoms with Crippen molar-refractivity contribution in [3.63, 3.8) is 0 Å². The molecule has 0 unspecified atom stereocenters. The fourth-order valence-corrected chi connectivity index (χ4v) is 2.25. The summed E-state index contributed by atoms with van der Waals surface area (Å²) in [6.07, 6.45) is 0. The molecule has 2 rings (SSSR count). The Bertz CT molecular complexity index is 625. The van der Waals surface area contributed by atoms with Crippen LogP contribution in [-0.2, 0) is 0 Å². The van der Waals surface area contributed by atoms with Gasteiger partial charge >= 0.3 is 0 Å². The summed E-state index contributed by atoms with van der Waals surface area (Å²) < 4.78 is 5.21. The molecule has 1 aromatic carbocycles. The van der Waals surface area contributed by atoms with Crippen molar-refractivity contribution in [2.24, 2.45) is 0 Å². The van der Waals surface area contributed by atoms with Crippen LogP contribution < -0.4 is 10.1 Å². The Hall–Kier alpha value is -2.41. The summed E-state index contributed by atoms with van der Waals surface area (Å²) in [5.41, 5.74) is 0.423. The number of ether oxygens (including phenoxy) is 1. The number of nitro benzene ring substituents is 1. The lowest BCUT2D eigenvalue weighted by Crippen LogP contribution is -2.12. The highest BCUT2D eigenvalue weighted by Gasteiger charge is 2.18. The Morgan fingerprint density at radius 2 is 2.25 bits per heavy atom. The molecule has 0 saturated carbocycles. The molecular weight excluding hydrogens is 280 g/mol. The lowest BCUT2D eigenvalue weighted by atomic mass is 10.2. The third-order valence-electron chi connectivity index (χ3n) is 2.51. The summed E-state index contributed by atoms with van der Waals surface area (Å²) in [6.45, 7) is 2.20. The minimum atomic E-state index is -0.550. The van der Waals surface area contributed by atoms with E-state index in [1.54, 1.807) is 29.8 Å². The number of anilines is 1. The molecule has 0 atom stereocenters. The van der Waals surface area contributed by atoms with Gasteiger partial charge in [0.1, 0.15) is 11.4 Å². The van der Waals surface area contributed by atoms with Crippen molar-refractivity contribution in [2.75, 3.05) is 11.9 Å². The Kier molecular flexibility index (Phi) is 4.31. The molecule has 0 spiro atoms. The van der Waals surface area contributed by atoms with Gasteiger partial charge in [-0.2, -0.15) is 11.3 Å². The Morgan fingerprint density at radius 1 is 1.45 bits per heavy atom. The molecule has 0 aliphatic rings. The van der Waals surface area contributed by atoms with Crippen LogP contribution in [0.25, 0.3) is 0 Å². The topological polar surface area (TPSA) is 81.5 Å². The van der Waals surface area contributed by atoms with Crippen molar-refractivity contribution in [3.8, 4) is 5.75 Å². The molecule has 104 valence electrons. The average molecular weight is 292 g/mol. The molecule has 2 aromatic rings. The van der Waals surface area contributed by atoms with Crippen LogP contribution in [0.1, 0.15) is 17.3 Å². The van der Waals surface area contributed by atoms with Gasteiger partial charge in [0.05, 0.1) is 23.2 Å². The second-order valence-electron chi connectivity index (χ2n) is 3.84. The first-order valence-electron chi connectivity index (χ1n) is 5.86. The van der Waals surface area contributed by atoms with Crippen molar-refractivity contribution in [2.45, 2.75) is 6.92 Å². The highest BCUT2D eigenvalue weighted by atomic mass is 32.1. The van der Waals surface area contributed by atoms with E-state index in [2.05, 4.69) is 5.32 Å². The summed E-state index contributed by atoms with van der Waals surface area (Å²) in [7, 11) is 0. The number of amides is 1. The maximum Gasteiger partial charge on any atom is 0.296 e. The molecule has 20 heavy (non-hydrogen) atoms. The molecule has 1 amide bonds. The average Bonchev–Trinajstić information content (AvgIpc) is 2.94. The van der Waals surface area contributed by atoms with Crippen LogP contribution in [0.15, 0.2) is 35.0 Å². The number of nitrogens with one attached hydrogen (secondary N) is 1. The zero-order valence-electron chi connectivity index (χ0n) is 10.7. The molecule has 0 bridgehead atoms. The number of thiophene rings is 1. The van der Waals surface area contributed by atoms with E-state index in [0.717, 1.165) is 0 Å². The van der Waals surface area contributed by atoms with E-state index in [1.165, 1.54) is 23.5 Å². The van der Waals surface area contributed by atoms with E-state index >= 15 is 0 Å². The maximum absolute atomic E-state index is 11.9. The summed E-state index contributed by atoms with van der Waals surface area (Å²) >= 11 is 1.38. The number of nitrogens with zero attached hydrogens (tertiary/aromatic N) is 1. The van der Waals surface area contributed by atoms with Crippen LogP contribution in [0.5, 0.6) is 5.75 Å². The molecule has 0 radical (unpaired) electrons. The van der Waals surface area contributed by atoms with E-state index in [9.17, 15) is 14.9 Å².